The van der Waals surface area contributed by atoms with Crippen LogP contribution < -0.4 is 0 Å². The van der Waals surface area contributed by atoms with E-state index in [0.29, 0.717) is 19.3 Å². The molecule has 0 aromatic carbocycles. The van der Waals surface area contributed by atoms with Gasteiger partial charge in [-0.05, 0) is 116 Å². The summed E-state index contributed by atoms with van der Waals surface area (Å²) in [4.78, 5) is 38.2. The van der Waals surface area contributed by atoms with Crippen LogP contribution >= 0.6 is 0 Å². The third-order valence-electron chi connectivity index (χ3n) is 15.0. The van der Waals surface area contributed by atoms with E-state index in [1.54, 1.807) is 0 Å². The number of carbonyl (C=O) groups excluding carboxylic acids is 3. The fourth-order valence-corrected chi connectivity index (χ4v) is 9.73. The summed E-state index contributed by atoms with van der Waals surface area (Å²) < 4.78 is 16.9. The number of esters is 3. The molecule has 0 aromatic rings. The first-order valence-electron chi connectivity index (χ1n) is 35.0. The molecule has 0 radical (unpaired) electrons. The van der Waals surface area contributed by atoms with E-state index in [0.717, 1.165) is 128 Å². The zero-order valence-corrected chi connectivity index (χ0v) is 54.4. The van der Waals surface area contributed by atoms with E-state index in [9.17, 15) is 14.4 Å². The van der Waals surface area contributed by atoms with Gasteiger partial charge < -0.3 is 14.2 Å². The Morgan fingerprint density at radius 1 is 0.253 bits per heavy atom. The Morgan fingerprint density at radius 2 is 0.470 bits per heavy atom. The summed E-state index contributed by atoms with van der Waals surface area (Å²) in [5, 5.41) is 0. The second kappa shape index (κ2) is 70.3. The number of rotatable bonds is 63. The zero-order chi connectivity index (χ0) is 59.9. The van der Waals surface area contributed by atoms with Crippen LogP contribution in [0.2, 0.25) is 0 Å². The summed E-state index contributed by atoms with van der Waals surface area (Å²) in [6.45, 7) is 6.48. The van der Waals surface area contributed by atoms with E-state index >= 15 is 0 Å². The van der Waals surface area contributed by atoms with Gasteiger partial charge in [0, 0.05) is 19.3 Å². The average molecular weight is 1150 g/mol. The van der Waals surface area contributed by atoms with Gasteiger partial charge >= 0.3 is 17.9 Å². The van der Waals surface area contributed by atoms with Crippen molar-refractivity contribution in [2.45, 2.75) is 335 Å². The first kappa shape index (κ1) is 78.8. The molecule has 0 aliphatic carbocycles. The van der Waals surface area contributed by atoms with Crippen LogP contribution in [0.3, 0.4) is 0 Å². The molecular formula is C77H130O6. The Bertz CT molecular complexity index is 1700. The molecule has 0 aliphatic rings. The van der Waals surface area contributed by atoms with Crippen molar-refractivity contribution < 1.29 is 28.6 Å². The number of hydrogen-bond donors (Lipinski definition) is 0. The fourth-order valence-electron chi connectivity index (χ4n) is 9.73. The van der Waals surface area contributed by atoms with Crippen molar-refractivity contribution in [1.29, 1.82) is 0 Å². The minimum absolute atomic E-state index is 0.0856. The Hall–Kier alpha value is -4.19. The lowest BCUT2D eigenvalue weighted by Crippen LogP contribution is -2.30. The van der Waals surface area contributed by atoms with Crippen molar-refractivity contribution in [1.82, 2.24) is 0 Å². The molecule has 474 valence electrons. The molecule has 0 N–H and O–H groups in total. The molecule has 0 bridgehead atoms. The van der Waals surface area contributed by atoms with E-state index in [-0.39, 0.29) is 31.1 Å². The van der Waals surface area contributed by atoms with E-state index in [1.165, 1.54) is 161 Å². The van der Waals surface area contributed by atoms with Crippen LogP contribution in [0.15, 0.2) is 122 Å². The van der Waals surface area contributed by atoms with Gasteiger partial charge in [0.2, 0.25) is 0 Å². The second-order valence-corrected chi connectivity index (χ2v) is 23.1. The minimum Gasteiger partial charge on any atom is -0.462 e. The van der Waals surface area contributed by atoms with Crippen LogP contribution in [-0.4, -0.2) is 37.2 Å². The SMILES string of the molecule is CC/C=C\C/C=C\C/C=C\C/C=C\C/C=C\C/C=C\C/C=C\C/C=C\CCCCCCC(=O)OCC(COC(=O)CCCCCCCCC)OC(=O)CCCCCCCCCCCCCCCCCCC/C=C\C/C=C\CCCCCCC. The Balaban J connectivity index is 4.15. The highest BCUT2D eigenvalue weighted by Crippen LogP contribution is 2.17. The second-order valence-electron chi connectivity index (χ2n) is 23.1. The number of hydrogen-bond acceptors (Lipinski definition) is 6. The van der Waals surface area contributed by atoms with Crippen molar-refractivity contribution in [3.05, 3.63) is 122 Å². The maximum absolute atomic E-state index is 12.9. The predicted octanol–water partition coefficient (Wildman–Crippen LogP) is 24.3. The molecule has 6 nitrogen and oxygen atoms in total. The van der Waals surface area contributed by atoms with Gasteiger partial charge in [-0.25, -0.2) is 0 Å². The molecular weight excluding hydrogens is 1020 g/mol. The third-order valence-corrected chi connectivity index (χ3v) is 15.0. The predicted molar refractivity (Wildman–Crippen MR) is 362 cm³/mol. The molecule has 0 fully saturated rings. The molecule has 83 heavy (non-hydrogen) atoms. The topological polar surface area (TPSA) is 78.9 Å². The molecule has 0 saturated carbocycles. The van der Waals surface area contributed by atoms with E-state index in [2.05, 4.69) is 142 Å². The third kappa shape index (κ3) is 68.5. The summed E-state index contributed by atoms with van der Waals surface area (Å²) in [5.74, 6) is -0.910. The molecule has 0 spiro atoms. The van der Waals surface area contributed by atoms with Gasteiger partial charge in [0.25, 0.3) is 0 Å². The van der Waals surface area contributed by atoms with Crippen molar-refractivity contribution >= 4 is 17.9 Å². The van der Waals surface area contributed by atoms with Crippen molar-refractivity contribution in [2.75, 3.05) is 13.2 Å². The van der Waals surface area contributed by atoms with E-state index in [1.807, 2.05) is 0 Å². The Labute approximate surface area is 513 Å². The lowest BCUT2D eigenvalue weighted by molar-refractivity contribution is -0.167. The van der Waals surface area contributed by atoms with Crippen LogP contribution in [0.25, 0.3) is 0 Å². The standard InChI is InChI=1S/C77H130O6/c1-4-7-10-13-16-18-20-22-24-26-28-30-32-34-36-38-40-42-44-46-48-50-52-54-56-58-61-64-67-70-76(79)82-73-74(72-81-75(78)69-66-63-60-15-12-9-6-3)83-77(80)71-68-65-62-59-57-55-53-51-49-47-45-43-41-39-37-35-33-31-29-27-25-23-21-19-17-14-11-8-5-2/h7,10,16,18,21-24,27-30,34,36,40,42,46,48,52,54,74H,4-6,8-9,11-15,17,19-20,25-26,31-33,35,37-39,41,43-45,47,49-51,53,55-73H2,1-3H3/b10-7-,18-16-,23-21-,24-22-,29-27-,30-28-,36-34-,42-40-,48-46-,54-52-. The number of carbonyl (C=O) groups is 3. The molecule has 0 saturated heterocycles. The van der Waals surface area contributed by atoms with E-state index in [4.69, 9.17) is 14.2 Å². The van der Waals surface area contributed by atoms with Crippen LogP contribution in [0.4, 0.5) is 0 Å². The number of unbranched alkanes of at least 4 members (excludes halogenated alkanes) is 32. The van der Waals surface area contributed by atoms with Gasteiger partial charge in [-0.2, -0.15) is 0 Å². The smallest absolute Gasteiger partial charge is 0.306 e. The quantitative estimate of drug-likeness (QED) is 0.0261. The summed E-state index contributed by atoms with van der Waals surface area (Å²) in [7, 11) is 0. The Kier molecular flexibility index (Phi) is 66.7. The van der Waals surface area contributed by atoms with Crippen LogP contribution in [0, 0.1) is 0 Å². The summed E-state index contributed by atoms with van der Waals surface area (Å²) in [6.07, 6.45) is 98.2. The highest BCUT2D eigenvalue weighted by molar-refractivity contribution is 5.71. The largest absolute Gasteiger partial charge is 0.462 e. The molecule has 0 rings (SSSR count). The molecule has 0 amide bonds. The lowest BCUT2D eigenvalue weighted by atomic mass is 10.0. The lowest BCUT2D eigenvalue weighted by Gasteiger charge is -2.18. The maximum Gasteiger partial charge on any atom is 0.306 e. The maximum atomic E-state index is 12.9. The highest BCUT2D eigenvalue weighted by Gasteiger charge is 2.19. The minimum atomic E-state index is -0.789. The Morgan fingerprint density at radius 3 is 0.735 bits per heavy atom. The van der Waals surface area contributed by atoms with E-state index < -0.39 is 6.10 Å². The highest BCUT2D eigenvalue weighted by atomic mass is 16.6. The van der Waals surface area contributed by atoms with Crippen molar-refractivity contribution in [2.24, 2.45) is 0 Å². The van der Waals surface area contributed by atoms with Gasteiger partial charge in [0.1, 0.15) is 13.2 Å². The number of ether oxygens (including phenoxy) is 3. The first-order chi connectivity index (χ1) is 41.0. The van der Waals surface area contributed by atoms with Gasteiger partial charge in [0.05, 0.1) is 0 Å². The summed E-state index contributed by atoms with van der Waals surface area (Å²) in [5.41, 5.74) is 0. The van der Waals surface area contributed by atoms with Crippen molar-refractivity contribution in [3.63, 3.8) is 0 Å². The van der Waals surface area contributed by atoms with Crippen LogP contribution in [0.1, 0.15) is 329 Å². The molecule has 1 atom stereocenters. The molecule has 1 unspecified atom stereocenters. The summed E-state index contributed by atoms with van der Waals surface area (Å²) >= 11 is 0. The molecule has 0 heterocycles. The van der Waals surface area contributed by atoms with Gasteiger partial charge in [-0.15, -0.1) is 0 Å². The fraction of sp³-hybridized carbons (Fsp3) is 0.701. The van der Waals surface area contributed by atoms with Crippen LogP contribution in [0.5, 0.6) is 0 Å². The number of allylic oxidation sites excluding steroid dienone is 20. The zero-order valence-electron chi connectivity index (χ0n) is 54.4. The van der Waals surface area contributed by atoms with Crippen molar-refractivity contribution in [3.8, 4) is 0 Å². The first-order valence-corrected chi connectivity index (χ1v) is 35.0. The molecule has 0 aliphatic heterocycles. The van der Waals surface area contributed by atoms with Crippen LogP contribution in [-0.2, 0) is 28.6 Å². The molecule has 6 heteroatoms. The monoisotopic (exact) mass is 1150 g/mol. The van der Waals surface area contributed by atoms with Gasteiger partial charge in [-0.1, -0.05) is 316 Å². The normalized spacial score (nSPS) is 12.9. The average Bonchev–Trinajstić information content (AvgIpc) is 3.49. The van der Waals surface area contributed by atoms with Gasteiger partial charge in [-0.3, -0.25) is 14.4 Å². The summed E-state index contributed by atoms with van der Waals surface area (Å²) in [6, 6.07) is 0. The molecule has 0 aromatic heterocycles. The van der Waals surface area contributed by atoms with Gasteiger partial charge in [0.15, 0.2) is 6.10 Å².